The first kappa shape index (κ1) is 20.3. The van der Waals surface area contributed by atoms with Crippen LogP contribution in [0.3, 0.4) is 0 Å². The van der Waals surface area contributed by atoms with Gasteiger partial charge in [-0.15, -0.1) is 6.58 Å². The third-order valence-electron chi connectivity index (χ3n) is 5.12. The summed E-state index contributed by atoms with van der Waals surface area (Å²) in [5.74, 6) is 1.04. The van der Waals surface area contributed by atoms with Crippen molar-refractivity contribution in [3.63, 3.8) is 0 Å². The molecule has 1 N–H and O–H groups in total. The van der Waals surface area contributed by atoms with E-state index in [0.29, 0.717) is 29.2 Å². The van der Waals surface area contributed by atoms with E-state index in [1.165, 1.54) is 12.1 Å². The maximum Gasteiger partial charge on any atom is 0.322 e. The van der Waals surface area contributed by atoms with Gasteiger partial charge in [-0.1, -0.05) is 23.4 Å². The lowest BCUT2D eigenvalue weighted by Crippen LogP contribution is -2.46. The molecule has 4 rings (SSSR count). The van der Waals surface area contributed by atoms with Gasteiger partial charge in [0.15, 0.2) is 0 Å². The highest BCUT2D eigenvalue weighted by Gasteiger charge is 2.35. The molecule has 2 amide bonds. The van der Waals surface area contributed by atoms with Gasteiger partial charge in [0.1, 0.15) is 11.6 Å². The van der Waals surface area contributed by atoms with Crippen LogP contribution in [-0.2, 0) is 0 Å². The molecule has 0 fully saturated rings. The molecule has 0 saturated carbocycles. The largest absolute Gasteiger partial charge is 0.497 e. The summed E-state index contributed by atoms with van der Waals surface area (Å²) in [6.07, 6.45) is 1.63. The molecular formula is C23H21FN4O3. The number of ether oxygens (including phenoxy) is 1. The third-order valence-corrected chi connectivity index (χ3v) is 5.12. The van der Waals surface area contributed by atoms with Gasteiger partial charge in [-0.25, -0.2) is 9.18 Å². The van der Waals surface area contributed by atoms with Crippen LogP contribution < -0.4 is 10.1 Å². The molecule has 2 heterocycles. The highest BCUT2D eigenvalue weighted by atomic mass is 19.1. The third kappa shape index (κ3) is 3.92. The van der Waals surface area contributed by atoms with Gasteiger partial charge in [0, 0.05) is 17.8 Å². The predicted octanol–water partition coefficient (Wildman–Crippen LogP) is 4.57. The minimum absolute atomic E-state index is 0.270. The number of carbonyl (C=O) groups excluding carboxylic acids is 1. The molecule has 0 radical (unpaired) electrons. The first-order valence-electron chi connectivity index (χ1n) is 9.65. The quantitative estimate of drug-likeness (QED) is 0.591. The van der Waals surface area contributed by atoms with E-state index in [9.17, 15) is 9.18 Å². The summed E-state index contributed by atoms with van der Waals surface area (Å²) in [6.45, 7) is 5.85. The topological polar surface area (TPSA) is 80.5 Å². The molecule has 3 aromatic rings. The van der Waals surface area contributed by atoms with Crippen molar-refractivity contribution in [1.82, 2.24) is 20.4 Å². The van der Waals surface area contributed by atoms with E-state index in [4.69, 9.17) is 9.26 Å². The summed E-state index contributed by atoms with van der Waals surface area (Å²) >= 11 is 0. The zero-order chi connectivity index (χ0) is 22.0. The fraction of sp³-hybridized carbons (Fsp3) is 0.174. The molecule has 2 aromatic carbocycles. The van der Waals surface area contributed by atoms with Crippen molar-refractivity contribution < 1.29 is 18.4 Å². The molecule has 1 aliphatic rings. The Labute approximate surface area is 178 Å². The summed E-state index contributed by atoms with van der Waals surface area (Å²) in [6, 6.07) is 12.4. The van der Waals surface area contributed by atoms with Gasteiger partial charge in [0.2, 0.25) is 5.82 Å². The van der Waals surface area contributed by atoms with Gasteiger partial charge in [-0.05, 0) is 48.9 Å². The van der Waals surface area contributed by atoms with E-state index in [1.54, 1.807) is 30.2 Å². The highest BCUT2D eigenvalue weighted by molar-refractivity contribution is 5.87. The Bertz CT molecular complexity index is 1140. The Morgan fingerprint density at radius 3 is 2.58 bits per heavy atom. The molecule has 1 aliphatic heterocycles. The van der Waals surface area contributed by atoms with Crippen LogP contribution in [0.5, 0.6) is 5.75 Å². The van der Waals surface area contributed by atoms with Gasteiger partial charge in [-0.2, -0.15) is 4.98 Å². The SMILES string of the molecule is C=CCN1C(=O)NC(c2ccc(F)cc2)C(c2nc(-c3ccc(OC)cc3)no2)=C1C. The van der Waals surface area contributed by atoms with Crippen molar-refractivity contribution in [3.8, 4) is 17.1 Å². The van der Waals surface area contributed by atoms with Crippen LogP contribution in [0.25, 0.3) is 17.0 Å². The van der Waals surface area contributed by atoms with Crippen molar-refractivity contribution in [1.29, 1.82) is 0 Å². The number of methoxy groups -OCH3 is 1. The monoisotopic (exact) mass is 420 g/mol. The van der Waals surface area contributed by atoms with Crippen LogP contribution in [0.1, 0.15) is 24.4 Å². The van der Waals surface area contributed by atoms with Gasteiger partial charge in [0.25, 0.3) is 5.89 Å². The maximum atomic E-state index is 13.5. The van der Waals surface area contributed by atoms with Crippen LogP contribution >= 0.6 is 0 Å². The Balaban J connectivity index is 1.78. The lowest BCUT2D eigenvalue weighted by molar-refractivity contribution is 0.209. The summed E-state index contributed by atoms with van der Waals surface area (Å²) in [5.41, 5.74) is 2.75. The number of carbonyl (C=O) groups is 1. The number of halogens is 1. The normalized spacial score (nSPS) is 16.3. The van der Waals surface area contributed by atoms with Crippen molar-refractivity contribution in [3.05, 3.63) is 84.2 Å². The van der Waals surface area contributed by atoms with Gasteiger partial charge >= 0.3 is 6.03 Å². The van der Waals surface area contributed by atoms with E-state index in [1.807, 2.05) is 31.2 Å². The number of urea groups is 1. The number of benzene rings is 2. The molecule has 0 spiro atoms. The molecule has 31 heavy (non-hydrogen) atoms. The molecule has 1 aromatic heterocycles. The van der Waals surface area contributed by atoms with E-state index in [-0.39, 0.29) is 17.7 Å². The van der Waals surface area contributed by atoms with Crippen LogP contribution in [0.4, 0.5) is 9.18 Å². The Kier molecular flexibility index (Phi) is 5.53. The first-order chi connectivity index (χ1) is 15.0. The number of amides is 2. The minimum Gasteiger partial charge on any atom is -0.497 e. The number of allylic oxidation sites excluding steroid dienone is 1. The molecule has 158 valence electrons. The van der Waals surface area contributed by atoms with Crippen LogP contribution in [-0.4, -0.2) is 34.7 Å². The fourth-order valence-electron chi connectivity index (χ4n) is 3.50. The van der Waals surface area contributed by atoms with Crippen LogP contribution in [0.2, 0.25) is 0 Å². The second kappa shape index (κ2) is 8.43. The first-order valence-corrected chi connectivity index (χ1v) is 9.65. The zero-order valence-corrected chi connectivity index (χ0v) is 17.1. The minimum atomic E-state index is -0.571. The maximum absolute atomic E-state index is 13.5. The van der Waals surface area contributed by atoms with Gasteiger partial charge in [-0.3, -0.25) is 4.90 Å². The number of nitrogens with zero attached hydrogens (tertiary/aromatic N) is 3. The van der Waals surface area contributed by atoms with E-state index in [2.05, 4.69) is 22.0 Å². The Morgan fingerprint density at radius 2 is 1.94 bits per heavy atom. The van der Waals surface area contributed by atoms with Crippen molar-refractivity contribution in [2.45, 2.75) is 13.0 Å². The predicted molar refractivity (Wildman–Crippen MR) is 113 cm³/mol. The number of rotatable bonds is 6. The van der Waals surface area contributed by atoms with Gasteiger partial charge < -0.3 is 14.6 Å². The Morgan fingerprint density at radius 1 is 1.23 bits per heavy atom. The molecule has 1 unspecified atom stereocenters. The zero-order valence-electron chi connectivity index (χ0n) is 17.1. The number of nitrogens with one attached hydrogen (secondary N) is 1. The molecule has 8 heteroatoms. The van der Waals surface area contributed by atoms with Gasteiger partial charge in [0.05, 0.1) is 18.7 Å². The molecule has 0 saturated heterocycles. The highest BCUT2D eigenvalue weighted by Crippen LogP contribution is 2.37. The average molecular weight is 420 g/mol. The smallest absolute Gasteiger partial charge is 0.322 e. The van der Waals surface area contributed by atoms with E-state index < -0.39 is 6.04 Å². The molecule has 1 atom stereocenters. The molecule has 7 nitrogen and oxygen atoms in total. The standard InChI is InChI=1S/C23H21FN4O3/c1-4-13-28-14(2)19(20(25-23(28)29)15-5-9-17(24)10-6-15)22-26-21(27-31-22)16-7-11-18(30-3)12-8-16/h4-12,20H,1,13H2,2-3H3,(H,25,29). The molecule has 0 bridgehead atoms. The molecular weight excluding hydrogens is 399 g/mol. The Hall–Kier alpha value is -3.94. The summed E-state index contributed by atoms with van der Waals surface area (Å²) < 4.78 is 24.2. The molecule has 0 aliphatic carbocycles. The second-order valence-electron chi connectivity index (χ2n) is 6.98. The second-order valence-corrected chi connectivity index (χ2v) is 6.98. The lowest BCUT2D eigenvalue weighted by atomic mass is 9.94. The van der Waals surface area contributed by atoms with Crippen LogP contribution in [0.15, 0.2) is 71.4 Å². The van der Waals surface area contributed by atoms with Crippen LogP contribution in [0, 0.1) is 5.82 Å². The van der Waals surface area contributed by atoms with Crippen molar-refractivity contribution in [2.24, 2.45) is 0 Å². The lowest BCUT2D eigenvalue weighted by Gasteiger charge is -2.34. The average Bonchev–Trinajstić information content (AvgIpc) is 3.26. The summed E-state index contributed by atoms with van der Waals surface area (Å²) in [7, 11) is 1.60. The van der Waals surface area contributed by atoms with Crippen molar-refractivity contribution in [2.75, 3.05) is 13.7 Å². The van der Waals surface area contributed by atoms with E-state index in [0.717, 1.165) is 11.3 Å². The van der Waals surface area contributed by atoms with Crippen molar-refractivity contribution >= 4 is 11.6 Å². The fourth-order valence-corrected chi connectivity index (χ4v) is 3.50. The number of hydrogen-bond donors (Lipinski definition) is 1. The summed E-state index contributed by atoms with van der Waals surface area (Å²) in [5, 5.41) is 7.06. The number of aromatic nitrogens is 2. The summed E-state index contributed by atoms with van der Waals surface area (Å²) in [4.78, 5) is 18.8. The van der Waals surface area contributed by atoms with E-state index >= 15 is 0 Å². The number of hydrogen-bond acceptors (Lipinski definition) is 5.